The average molecular weight is 873 g/mol. The standard InChI is InChI=1S/C26H47N3O4Si.C20H33N3O4/c1-19(2)16-22(23(30)28-18-20-12-11-14-27-17-20)29-21(24(31)33-25(3,4)5)13-15-32-34(9,10)26(6,7)8;1-14(2)11-17(18(25)22-13-15-7-6-9-21-12-15)23-16(8-10-24)19(26)27-20(3,4)5/h11-12,14,17,19,21-22,29H,13,15-16,18H2,1-10H3,(H,28,30);6-7,9,12,14,16-17,23-24H,8,10-11,13H2,1-5H3,(H,22,25)/t21-,22+;16-,17+/m11/s1. The molecule has 2 rings (SSSR count). The Hall–Kier alpha value is -3.76. The molecule has 2 amide bonds. The molecule has 0 saturated heterocycles. The van der Waals surface area contributed by atoms with Crippen LogP contribution in [0.25, 0.3) is 0 Å². The molecule has 61 heavy (non-hydrogen) atoms. The predicted octanol–water partition coefficient (Wildman–Crippen LogP) is 6.62. The Labute approximate surface area is 368 Å². The van der Waals surface area contributed by atoms with Crippen LogP contribution in [0.3, 0.4) is 0 Å². The lowest BCUT2D eigenvalue weighted by molar-refractivity contribution is -0.159. The van der Waals surface area contributed by atoms with Crippen LogP contribution in [-0.2, 0) is 46.2 Å². The minimum absolute atomic E-state index is 0.0776. The summed E-state index contributed by atoms with van der Waals surface area (Å²) in [7, 11) is -1.96. The molecular formula is C46H80N6O8Si. The number of esters is 2. The van der Waals surface area contributed by atoms with Crippen molar-refractivity contribution in [1.82, 2.24) is 31.2 Å². The van der Waals surface area contributed by atoms with E-state index in [1.54, 1.807) is 45.6 Å². The minimum Gasteiger partial charge on any atom is -0.459 e. The first-order valence-corrected chi connectivity index (χ1v) is 24.6. The molecule has 0 bridgehead atoms. The fourth-order valence-electron chi connectivity index (χ4n) is 5.62. The third kappa shape index (κ3) is 23.9. The Morgan fingerprint density at radius 1 is 0.656 bits per heavy atom. The largest absolute Gasteiger partial charge is 0.459 e. The van der Waals surface area contributed by atoms with E-state index < -0.39 is 49.7 Å². The molecule has 0 aliphatic rings. The van der Waals surface area contributed by atoms with Gasteiger partial charge in [0.2, 0.25) is 11.8 Å². The van der Waals surface area contributed by atoms with Crippen LogP contribution in [0.5, 0.6) is 0 Å². The number of rotatable bonds is 22. The van der Waals surface area contributed by atoms with Gasteiger partial charge in [0.15, 0.2) is 8.32 Å². The number of aromatic nitrogens is 2. The number of nitrogens with zero attached hydrogens (tertiary/aromatic N) is 2. The van der Waals surface area contributed by atoms with Gasteiger partial charge < -0.3 is 29.6 Å². The van der Waals surface area contributed by atoms with Crippen molar-refractivity contribution in [3.8, 4) is 0 Å². The molecule has 5 N–H and O–H groups in total. The van der Waals surface area contributed by atoms with E-state index in [1.165, 1.54) is 0 Å². The molecule has 0 aliphatic carbocycles. The molecule has 2 heterocycles. The number of carbonyl (C=O) groups excluding carboxylic acids is 4. The summed E-state index contributed by atoms with van der Waals surface area (Å²) >= 11 is 0. The smallest absolute Gasteiger partial charge is 0.323 e. The summed E-state index contributed by atoms with van der Waals surface area (Å²) in [6.07, 6.45) is 8.57. The van der Waals surface area contributed by atoms with Gasteiger partial charge in [0.1, 0.15) is 23.3 Å². The van der Waals surface area contributed by atoms with Crippen molar-refractivity contribution in [2.75, 3.05) is 13.2 Å². The van der Waals surface area contributed by atoms with Crippen LogP contribution in [-0.4, -0.2) is 95.7 Å². The van der Waals surface area contributed by atoms with E-state index in [1.807, 2.05) is 58.9 Å². The number of hydrogen-bond acceptors (Lipinski definition) is 12. The number of amides is 2. The van der Waals surface area contributed by atoms with E-state index in [-0.39, 0.29) is 47.7 Å². The lowest BCUT2D eigenvalue weighted by atomic mass is 10.0. The second-order valence-corrected chi connectivity index (χ2v) is 24.7. The van der Waals surface area contributed by atoms with Gasteiger partial charge in [-0.3, -0.25) is 39.8 Å². The van der Waals surface area contributed by atoms with Crippen LogP contribution in [0, 0.1) is 11.8 Å². The van der Waals surface area contributed by atoms with Crippen molar-refractivity contribution < 1.29 is 38.2 Å². The molecule has 0 fully saturated rings. The summed E-state index contributed by atoms with van der Waals surface area (Å²) < 4.78 is 17.4. The van der Waals surface area contributed by atoms with Gasteiger partial charge in [0, 0.05) is 51.1 Å². The van der Waals surface area contributed by atoms with Gasteiger partial charge in [0.05, 0.1) is 12.1 Å². The fourth-order valence-corrected chi connectivity index (χ4v) is 6.68. The number of carbonyl (C=O) groups is 4. The summed E-state index contributed by atoms with van der Waals surface area (Å²) in [6.45, 7) is 31.0. The Morgan fingerprint density at radius 3 is 1.36 bits per heavy atom. The topological polar surface area (TPSA) is 190 Å². The van der Waals surface area contributed by atoms with Gasteiger partial charge in [-0.2, -0.15) is 0 Å². The molecule has 0 radical (unpaired) electrons. The van der Waals surface area contributed by atoms with Crippen molar-refractivity contribution in [3.05, 3.63) is 60.2 Å². The fraction of sp³-hybridized carbons (Fsp3) is 0.696. The second kappa shape index (κ2) is 26.0. The van der Waals surface area contributed by atoms with Crippen molar-refractivity contribution in [3.63, 3.8) is 0 Å². The minimum atomic E-state index is -1.96. The van der Waals surface area contributed by atoms with E-state index in [4.69, 9.17) is 13.9 Å². The maximum absolute atomic E-state index is 13.1. The highest BCUT2D eigenvalue weighted by atomic mass is 28.4. The predicted molar refractivity (Wildman–Crippen MR) is 244 cm³/mol. The Balaban J connectivity index is 0.000000626. The maximum Gasteiger partial charge on any atom is 0.323 e. The van der Waals surface area contributed by atoms with Crippen molar-refractivity contribution in [2.45, 2.75) is 182 Å². The third-order valence-corrected chi connectivity index (χ3v) is 14.2. The van der Waals surface area contributed by atoms with Crippen LogP contribution in [0.2, 0.25) is 18.1 Å². The Bertz CT molecular complexity index is 1590. The van der Waals surface area contributed by atoms with Gasteiger partial charge in [-0.05, 0) is 120 Å². The van der Waals surface area contributed by atoms with Gasteiger partial charge in [-0.1, -0.05) is 60.6 Å². The third-order valence-electron chi connectivity index (χ3n) is 9.71. The number of hydrogen-bond donors (Lipinski definition) is 5. The lowest BCUT2D eigenvalue weighted by Crippen LogP contribution is -2.53. The summed E-state index contributed by atoms with van der Waals surface area (Å²) in [4.78, 5) is 59.4. The zero-order chi connectivity index (χ0) is 46.6. The van der Waals surface area contributed by atoms with Crippen LogP contribution < -0.4 is 21.3 Å². The van der Waals surface area contributed by atoms with E-state index in [2.05, 4.69) is 78.9 Å². The highest BCUT2D eigenvalue weighted by Gasteiger charge is 2.38. The monoisotopic (exact) mass is 873 g/mol. The normalized spacial score (nSPS) is 14.3. The summed E-state index contributed by atoms with van der Waals surface area (Å²) in [5.74, 6) is -0.648. The average Bonchev–Trinajstić information content (AvgIpc) is 3.13. The number of pyridine rings is 2. The van der Waals surface area contributed by atoms with E-state index in [0.717, 1.165) is 11.1 Å². The van der Waals surface area contributed by atoms with Crippen molar-refractivity contribution in [1.29, 1.82) is 0 Å². The van der Waals surface area contributed by atoms with Gasteiger partial charge in [-0.15, -0.1) is 0 Å². The molecule has 2 aromatic rings. The molecule has 2 aromatic heterocycles. The van der Waals surface area contributed by atoms with Gasteiger partial charge in [-0.25, -0.2) is 0 Å². The first kappa shape index (κ1) is 55.3. The highest BCUT2D eigenvalue weighted by Crippen LogP contribution is 2.36. The number of nitrogens with one attached hydrogen (secondary N) is 4. The molecule has 0 unspecified atom stereocenters. The van der Waals surface area contributed by atoms with Crippen LogP contribution in [0.15, 0.2) is 49.1 Å². The zero-order valence-corrected chi connectivity index (χ0v) is 40.9. The summed E-state index contributed by atoms with van der Waals surface area (Å²) in [5, 5.41) is 21.6. The SMILES string of the molecule is CC(C)C[C@H](N[C@H](CCO)C(=O)OC(C)(C)C)C(=O)NCc1cccnc1.CC(C)C[C@H](N[C@H](CCO[Si](C)(C)C(C)(C)C)C(=O)OC(C)(C)C)C(=O)NCc1cccnc1. The van der Waals surface area contributed by atoms with Gasteiger partial charge in [0.25, 0.3) is 0 Å². The van der Waals surface area contributed by atoms with Crippen LogP contribution in [0.4, 0.5) is 0 Å². The molecule has 14 nitrogen and oxygen atoms in total. The first-order valence-electron chi connectivity index (χ1n) is 21.7. The molecule has 0 aromatic carbocycles. The summed E-state index contributed by atoms with van der Waals surface area (Å²) in [6, 6.07) is 4.97. The number of aliphatic hydroxyl groups excluding tert-OH is 1. The van der Waals surface area contributed by atoms with Crippen molar-refractivity contribution >= 4 is 32.1 Å². The molecule has 0 aliphatic heterocycles. The Morgan fingerprint density at radius 2 is 1.05 bits per heavy atom. The molecular weight excluding hydrogens is 793 g/mol. The van der Waals surface area contributed by atoms with E-state index in [0.29, 0.717) is 39.0 Å². The molecule has 0 spiro atoms. The molecule has 4 atom stereocenters. The van der Waals surface area contributed by atoms with E-state index >= 15 is 0 Å². The number of ether oxygens (including phenoxy) is 2. The quantitative estimate of drug-likeness (QED) is 0.0629. The Kier molecular flexibility index (Phi) is 23.6. The van der Waals surface area contributed by atoms with E-state index in [9.17, 15) is 24.3 Å². The molecule has 346 valence electrons. The van der Waals surface area contributed by atoms with Gasteiger partial charge >= 0.3 is 11.9 Å². The lowest BCUT2D eigenvalue weighted by Gasteiger charge is -2.36. The van der Waals surface area contributed by atoms with Crippen molar-refractivity contribution in [2.24, 2.45) is 11.8 Å². The highest BCUT2D eigenvalue weighted by molar-refractivity contribution is 6.74. The summed E-state index contributed by atoms with van der Waals surface area (Å²) in [5.41, 5.74) is 0.564. The number of aliphatic hydroxyl groups is 1. The van der Waals surface area contributed by atoms with Crippen LogP contribution in [0.1, 0.15) is 127 Å². The van der Waals surface area contributed by atoms with Crippen LogP contribution >= 0.6 is 0 Å². The maximum atomic E-state index is 13.1. The second-order valence-electron chi connectivity index (χ2n) is 19.9. The molecule has 15 heteroatoms. The molecule has 0 saturated carbocycles. The first-order chi connectivity index (χ1) is 28.1. The zero-order valence-electron chi connectivity index (χ0n) is 39.9.